The van der Waals surface area contributed by atoms with Crippen molar-refractivity contribution in [3.8, 4) is 11.1 Å². The van der Waals surface area contributed by atoms with Crippen LogP contribution >= 0.6 is 0 Å². The predicted molar refractivity (Wildman–Crippen MR) is 141 cm³/mol. The highest BCUT2D eigenvalue weighted by molar-refractivity contribution is 5.97. The average Bonchev–Trinajstić information content (AvgIpc) is 3.58. The van der Waals surface area contributed by atoms with Gasteiger partial charge in [-0.05, 0) is 60.9 Å². The standard InChI is InChI=1S/C30H33N3O3/c1-4-23(2)33(30(35)26-16-14-25(15-17-26)24-10-6-5-7-11-24)22-29(34)32(21-28-13-9-19-36-28)20-27-12-8-18-31(27)3/h5-19,23H,4,20-22H2,1-3H3. The van der Waals surface area contributed by atoms with E-state index in [1.165, 1.54) is 0 Å². The van der Waals surface area contributed by atoms with Gasteiger partial charge in [0.15, 0.2) is 0 Å². The summed E-state index contributed by atoms with van der Waals surface area (Å²) in [7, 11) is 1.96. The Balaban J connectivity index is 1.54. The summed E-state index contributed by atoms with van der Waals surface area (Å²) in [4.78, 5) is 30.6. The molecule has 1 atom stereocenters. The largest absolute Gasteiger partial charge is 0.467 e. The third-order valence-electron chi connectivity index (χ3n) is 6.61. The Hall–Kier alpha value is -4.06. The molecule has 4 aromatic rings. The van der Waals surface area contributed by atoms with E-state index in [2.05, 4.69) is 0 Å². The molecule has 0 saturated carbocycles. The Morgan fingerprint density at radius 2 is 1.61 bits per heavy atom. The van der Waals surface area contributed by atoms with Crippen LogP contribution in [0.4, 0.5) is 0 Å². The summed E-state index contributed by atoms with van der Waals surface area (Å²) < 4.78 is 7.51. The lowest BCUT2D eigenvalue weighted by molar-refractivity contribution is -0.134. The maximum absolute atomic E-state index is 13.6. The minimum atomic E-state index is -0.144. The van der Waals surface area contributed by atoms with Crippen LogP contribution in [0.25, 0.3) is 11.1 Å². The number of rotatable bonds is 10. The molecule has 0 saturated heterocycles. The fourth-order valence-electron chi connectivity index (χ4n) is 4.17. The molecule has 0 aliphatic carbocycles. The summed E-state index contributed by atoms with van der Waals surface area (Å²) in [5.74, 6) is 0.437. The van der Waals surface area contributed by atoms with E-state index in [0.717, 1.165) is 23.2 Å². The average molecular weight is 484 g/mol. The number of furan rings is 1. The highest BCUT2D eigenvalue weighted by Crippen LogP contribution is 2.21. The van der Waals surface area contributed by atoms with E-state index in [-0.39, 0.29) is 24.4 Å². The highest BCUT2D eigenvalue weighted by atomic mass is 16.3. The van der Waals surface area contributed by atoms with Crippen LogP contribution in [-0.4, -0.2) is 38.8 Å². The van der Waals surface area contributed by atoms with Crippen LogP contribution in [0.3, 0.4) is 0 Å². The normalized spacial score (nSPS) is 11.8. The summed E-state index contributed by atoms with van der Waals surface area (Å²) in [5.41, 5.74) is 3.72. The Morgan fingerprint density at radius 1 is 0.889 bits per heavy atom. The summed E-state index contributed by atoms with van der Waals surface area (Å²) in [6, 6.07) is 25.2. The molecular weight excluding hydrogens is 450 g/mol. The molecule has 0 N–H and O–H groups in total. The molecule has 4 rings (SSSR count). The van der Waals surface area contributed by atoms with Crippen molar-refractivity contribution in [2.24, 2.45) is 7.05 Å². The van der Waals surface area contributed by atoms with E-state index in [4.69, 9.17) is 4.42 Å². The monoisotopic (exact) mass is 483 g/mol. The van der Waals surface area contributed by atoms with Gasteiger partial charge in [-0.25, -0.2) is 0 Å². The number of aromatic nitrogens is 1. The van der Waals surface area contributed by atoms with Gasteiger partial charge in [0.2, 0.25) is 5.91 Å². The van der Waals surface area contributed by atoms with E-state index in [1.54, 1.807) is 16.1 Å². The van der Waals surface area contributed by atoms with E-state index in [0.29, 0.717) is 24.4 Å². The number of hydrogen-bond acceptors (Lipinski definition) is 3. The summed E-state index contributed by atoms with van der Waals surface area (Å²) >= 11 is 0. The van der Waals surface area contributed by atoms with Crippen LogP contribution in [0.15, 0.2) is 95.7 Å². The summed E-state index contributed by atoms with van der Waals surface area (Å²) in [6.07, 6.45) is 4.31. The minimum absolute atomic E-state index is 0.000587. The van der Waals surface area contributed by atoms with Gasteiger partial charge in [0.25, 0.3) is 5.91 Å². The molecule has 0 spiro atoms. The van der Waals surface area contributed by atoms with Gasteiger partial charge in [0.1, 0.15) is 12.3 Å². The van der Waals surface area contributed by atoms with Crippen LogP contribution in [-0.2, 0) is 24.9 Å². The second kappa shape index (κ2) is 11.6. The molecule has 0 radical (unpaired) electrons. The number of aryl methyl sites for hydroxylation is 1. The molecule has 6 nitrogen and oxygen atoms in total. The van der Waals surface area contributed by atoms with Gasteiger partial charge in [-0.1, -0.05) is 49.4 Å². The van der Waals surface area contributed by atoms with Gasteiger partial charge in [-0.2, -0.15) is 0 Å². The minimum Gasteiger partial charge on any atom is -0.467 e. The summed E-state index contributed by atoms with van der Waals surface area (Å²) in [6.45, 7) is 4.78. The SMILES string of the molecule is CCC(C)N(CC(=O)N(Cc1ccco1)Cc1cccn1C)C(=O)c1ccc(-c2ccccc2)cc1. The molecule has 0 aliphatic heterocycles. The number of carbonyl (C=O) groups is 2. The first-order valence-electron chi connectivity index (χ1n) is 12.3. The first-order valence-corrected chi connectivity index (χ1v) is 12.3. The zero-order valence-corrected chi connectivity index (χ0v) is 21.1. The first kappa shape index (κ1) is 25.0. The molecule has 0 fully saturated rings. The molecule has 2 heterocycles. The van der Waals surface area contributed by atoms with Crippen molar-refractivity contribution < 1.29 is 14.0 Å². The number of carbonyl (C=O) groups excluding carboxylic acids is 2. The second-order valence-corrected chi connectivity index (χ2v) is 9.07. The van der Waals surface area contributed by atoms with Crippen LogP contribution in [0.5, 0.6) is 0 Å². The Morgan fingerprint density at radius 3 is 2.22 bits per heavy atom. The maximum Gasteiger partial charge on any atom is 0.254 e. The number of hydrogen-bond donors (Lipinski definition) is 0. The summed E-state index contributed by atoms with van der Waals surface area (Å²) in [5, 5.41) is 0. The van der Waals surface area contributed by atoms with E-state index >= 15 is 0 Å². The van der Waals surface area contributed by atoms with E-state index in [9.17, 15) is 9.59 Å². The van der Waals surface area contributed by atoms with E-state index < -0.39 is 0 Å². The molecule has 2 aromatic carbocycles. The van der Waals surface area contributed by atoms with Gasteiger partial charge >= 0.3 is 0 Å². The van der Waals surface area contributed by atoms with Crippen molar-refractivity contribution >= 4 is 11.8 Å². The molecule has 36 heavy (non-hydrogen) atoms. The zero-order chi connectivity index (χ0) is 25.5. The van der Waals surface area contributed by atoms with Crippen molar-refractivity contribution in [2.45, 2.75) is 39.4 Å². The fourth-order valence-corrected chi connectivity index (χ4v) is 4.17. The molecule has 2 amide bonds. The molecule has 6 heteroatoms. The second-order valence-electron chi connectivity index (χ2n) is 9.07. The number of nitrogens with zero attached hydrogens (tertiary/aromatic N) is 3. The van der Waals surface area contributed by atoms with Gasteiger partial charge < -0.3 is 18.8 Å². The third kappa shape index (κ3) is 5.95. The Bertz CT molecular complexity index is 1260. The Kier molecular flexibility index (Phi) is 8.06. The molecule has 1 unspecified atom stereocenters. The lowest BCUT2D eigenvalue weighted by atomic mass is 10.0. The van der Waals surface area contributed by atoms with Crippen LogP contribution < -0.4 is 0 Å². The van der Waals surface area contributed by atoms with Gasteiger partial charge in [-0.3, -0.25) is 9.59 Å². The van der Waals surface area contributed by atoms with Crippen LogP contribution in [0.2, 0.25) is 0 Å². The smallest absolute Gasteiger partial charge is 0.254 e. The van der Waals surface area contributed by atoms with Crippen LogP contribution in [0, 0.1) is 0 Å². The van der Waals surface area contributed by atoms with Crippen LogP contribution in [0.1, 0.15) is 42.1 Å². The maximum atomic E-state index is 13.6. The van der Waals surface area contributed by atoms with Crippen molar-refractivity contribution in [3.63, 3.8) is 0 Å². The van der Waals surface area contributed by atoms with Crippen molar-refractivity contribution in [1.82, 2.24) is 14.4 Å². The molecular formula is C30H33N3O3. The highest BCUT2D eigenvalue weighted by Gasteiger charge is 2.26. The predicted octanol–water partition coefficient (Wildman–Crippen LogP) is 5.75. The lowest BCUT2D eigenvalue weighted by Gasteiger charge is -2.31. The quantitative estimate of drug-likeness (QED) is 0.288. The molecule has 2 aromatic heterocycles. The topological polar surface area (TPSA) is 58.7 Å². The fraction of sp³-hybridized carbons (Fsp3) is 0.267. The molecule has 0 bridgehead atoms. The number of amides is 2. The molecule has 186 valence electrons. The number of benzene rings is 2. The lowest BCUT2D eigenvalue weighted by Crippen LogP contribution is -2.46. The van der Waals surface area contributed by atoms with Gasteiger partial charge in [0.05, 0.1) is 19.4 Å². The Labute approximate surface area is 212 Å². The van der Waals surface area contributed by atoms with Gasteiger partial charge in [0, 0.05) is 30.5 Å². The first-order chi connectivity index (χ1) is 17.5. The van der Waals surface area contributed by atoms with Crippen molar-refractivity contribution in [3.05, 3.63) is 108 Å². The molecule has 0 aliphatic rings. The third-order valence-corrected chi connectivity index (χ3v) is 6.61. The van der Waals surface area contributed by atoms with E-state index in [1.807, 2.05) is 111 Å². The van der Waals surface area contributed by atoms with Crippen molar-refractivity contribution in [2.75, 3.05) is 6.54 Å². The van der Waals surface area contributed by atoms with Gasteiger partial charge in [-0.15, -0.1) is 0 Å². The zero-order valence-electron chi connectivity index (χ0n) is 21.1. The van der Waals surface area contributed by atoms with Crippen molar-refractivity contribution in [1.29, 1.82) is 0 Å².